The first-order valence-corrected chi connectivity index (χ1v) is 6.98. The van der Waals surface area contributed by atoms with Crippen LogP contribution in [0.15, 0.2) is 6.20 Å². The molecule has 6 nitrogen and oxygen atoms in total. The van der Waals surface area contributed by atoms with Crippen LogP contribution in [-0.4, -0.2) is 21.0 Å². The van der Waals surface area contributed by atoms with Crippen LogP contribution in [0, 0.1) is 21.4 Å². The van der Waals surface area contributed by atoms with Crippen molar-refractivity contribution in [2.24, 2.45) is 11.3 Å². The quantitative estimate of drug-likeness (QED) is 0.484. The van der Waals surface area contributed by atoms with Gasteiger partial charge in [0.05, 0.1) is 4.92 Å². The number of rotatable bonds is 3. The van der Waals surface area contributed by atoms with Gasteiger partial charge in [-0.2, -0.15) is 4.98 Å². The third kappa shape index (κ3) is 3.56. The molecule has 7 heteroatoms. The van der Waals surface area contributed by atoms with E-state index < -0.39 is 4.92 Å². The number of nitro groups is 1. The first-order chi connectivity index (χ1) is 9.27. The fourth-order valence-corrected chi connectivity index (χ4v) is 3.18. The van der Waals surface area contributed by atoms with Crippen LogP contribution >= 0.6 is 11.6 Å². The molecule has 0 radical (unpaired) electrons. The van der Waals surface area contributed by atoms with E-state index in [1.165, 1.54) is 0 Å². The van der Waals surface area contributed by atoms with Gasteiger partial charge in [-0.1, -0.05) is 20.8 Å². The summed E-state index contributed by atoms with van der Waals surface area (Å²) in [5.74, 6) is 0.477. The Morgan fingerprint density at radius 1 is 1.50 bits per heavy atom. The van der Waals surface area contributed by atoms with E-state index in [9.17, 15) is 10.1 Å². The van der Waals surface area contributed by atoms with Crippen molar-refractivity contribution < 1.29 is 9.66 Å². The summed E-state index contributed by atoms with van der Waals surface area (Å²) in [5, 5.41) is 10.9. The molecule has 20 heavy (non-hydrogen) atoms. The van der Waals surface area contributed by atoms with Crippen molar-refractivity contribution in [3.05, 3.63) is 21.6 Å². The highest BCUT2D eigenvalue weighted by atomic mass is 35.5. The van der Waals surface area contributed by atoms with Crippen molar-refractivity contribution in [3.8, 4) is 5.88 Å². The summed E-state index contributed by atoms with van der Waals surface area (Å²) >= 11 is 5.70. The summed E-state index contributed by atoms with van der Waals surface area (Å²) < 4.78 is 5.76. The Balaban J connectivity index is 2.21. The van der Waals surface area contributed by atoms with E-state index >= 15 is 0 Å². The molecule has 0 N–H and O–H groups in total. The van der Waals surface area contributed by atoms with Gasteiger partial charge >= 0.3 is 5.69 Å². The average Bonchev–Trinajstić information content (AvgIpc) is 2.25. The van der Waals surface area contributed by atoms with Gasteiger partial charge in [0.2, 0.25) is 5.28 Å². The summed E-state index contributed by atoms with van der Waals surface area (Å²) in [4.78, 5) is 17.9. The van der Waals surface area contributed by atoms with Crippen LogP contribution in [0.1, 0.15) is 40.0 Å². The van der Waals surface area contributed by atoms with Gasteiger partial charge in [0.15, 0.2) is 0 Å². The van der Waals surface area contributed by atoms with E-state index in [4.69, 9.17) is 16.3 Å². The SMILES string of the molecule is CC1CC(Oc2nc(Cl)ncc2[N+](=O)[O-])CC(C)(C)C1. The van der Waals surface area contributed by atoms with Crippen molar-refractivity contribution in [1.82, 2.24) is 9.97 Å². The van der Waals surface area contributed by atoms with E-state index in [0.29, 0.717) is 5.92 Å². The van der Waals surface area contributed by atoms with Crippen LogP contribution in [0.2, 0.25) is 5.28 Å². The highest BCUT2D eigenvalue weighted by Crippen LogP contribution is 2.40. The second kappa shape index (κ2) is 5.52. The number of hydrogen-bond acceptors (Lipinski definition) is 5. The van der Waals surface area contributed by atoms with E-state index in [1.807, 2.05) is 0 Å². The van der Waals surface area contributed by atoms with Crippen molar-refractivity contribution >= 4 is 17.3 Å². The Bertz CT molecular complexity index is 522. The first-order valence-electron chi connectivity index (χ1n) is 6.60. The normalized spacial score (nSPS) is 25.2. The summed E-state index contributed by atoms with van der Waals surface area (Å²) in [5.41, 5.74) is -0.0843. The fourth-order valence-electron chi connectivity index (χ4n) is 3.06. The van der Waals surface area contributed by atoms with E-state index in [-0.39, 0.29) is 28.4 Å². The first kappa shape index (κ1) is 15.0. The molecule has 0 aromatic carbocycles. The highest BCUT2D eigenvalue weighted by Gasteiger charge is 2.34. The molecule has 0 aliphatic heterocycles. The van der Waals surface area contributed by atoms with Gasteiger partial charge in [0.1, 0.15) is 12.3 Å². The van der Waals surface area contributed by atoms with E-state index in [2.05, 4.69) is 30.7 Å². The number of hydrogen-bond donors (Lipinski definition) is 0. The van der Waals surface area contributed by atoms with Gasteiger partial charge in [-0.3, -0.25) is 10.1 Å². The summed E-state index contributed by atoms with van der Waals surface area (Å²) in [7, 11) is 0. The molecular weight excluding hydrogens is 282 g/mol. The monoisotopic (exact) mass is 299 g/mol. The zero-order valence-corrected chi connectivity index (χ0v) is 12.6. The van der Waals surface area contributed by atoms with E-state index in [0.717, 1.165) is 25.5 Å². The molecule has 1 fully saturated rings. The smallest absolute Gasteiger partial charge is 0.349 e. The lowest BCUT2D eigenvalue weighted by atomic mass is 9.71. The second-order valence-electron chi connectivity index (χ2n) is 6.24. The fraction of sp³-hybridized carbons (Fsp3) is 0.692. The maximum Gasteiger partial charge on any atom is 0.349 e. The van der Waals surface area contributed by atoms with Gasteiger partial charge in [-0.25, -0.2) is 4.98 Å². The number of aromatic nitrogens is 2. The van der Waals surface area contributed by atoms with Gasteiger partial charge < -0.3 is 4.74 Å². The van der Waals surface area contributed by atoms with Crippen molar-refractivity contribution in [3.63, 3.8) is 0 Å². The third-order valence-electron chi connectivity index (χ3n) is 3.53. The second-order valence-corrected chi connectivity index (χ2v) is 6.58. The van der Waals surface area contributed by atoms with Crippen LogP contribution in [0.3, 0.4) is 0 Å². The number of halogens is 1. The van der Waals surface area contributed by atoms with Crippen LogP contribution in [0.5, 0.6) is 5.88 Å². The Kier molecular flexibility index (Phi) is 4.13. The van der Waals surface area contributed by atoms with Gasteiger partial charge in [-0.05, 0) is 42.2 Å². The zero-order chi connectivity index (χ0) is 14.9. The van der Waals surface area contributed by atoms with E-state index in [1.54, 1.807) is 0 Å². The maximum atomic E-state index is 11.0. The van der Waals surface area contributed by atoms with Crippen LogP contribution in [0.25, 0.3) is 0 Å². The molecule has 1 aromatic rings. The molecule has 0 saturated heterocycles. The highest BCUT2D eigenvalue weighted by molar-refractivity contribution is 6.28. The molecule has 1 aliphatic carbocycles. The van der Waals surface area contributed by atoms with Gasteiger partial charge in [0.25, 0.3) is 5.88 Å². The Labute approximate surface area is 122 Å². The maximum absolute atomic E-state index is 11.0. The molecule has 1 saturated carbocycles. The molecule has 1 aliphatic rings. The third-order valence-corrected chi connectivity index (χ3v) is 3.71. The predicted octanol–water partition coefficient (Wildman–Crippen LogP) is 3.63. The van der Waals surface area contributed by atoms with Crippen molar-refractivity contribution in [2.45, 2.75) is 46.1 Å². The summed E-state index contributed by atoms with van der Waals surface area (Å²) in [6.07, 6.45) is 3.83. The topological polar surface area (TPSA) is 78.2 Å². The summed E-state index contributed by atoms with van der Waals surface area (Å²) in [6.45, 7) is 6.53. The minimum atomic E-state index is -0.553. The molecule has 110 valence electrons. The number of ether oxygens (including phenoxy) is 1. The standard InChI is InChI=1S/C13H18ClN3O3/c1-8-4-9(6-13(2,3)5-8)20-11-10(17(18)19)7-15-12(14)16-11/h7-9H,4-6H2,1-3H3. The molecule has 2 rings (SSSR count). The van der Waals surface area contributed by atoms with Crippen LogP contribution in [-0.2, 0) is 0 Å². The van der Waals surface area contributed by atoms with Crippen molar-refractivity contribution in [1.29, 1.82) is 0 Å². The Morgan fingerprint density at radius 2 is 2.20 bits per heavy atom. The zero-order valence-electron chi connectivity index (χ0n) is 11.8. The summed E-state index contributed by atoms with van der Waals surface area (Å²) in [6, 6.07) is 0. The predicted molar refractivity (Wildman–Crippen MR) is 74.9 cm³/mol. The van der Waals surface area contributed by atoms with Crippen LogP contribution < -0.4 is 4.74 Å². The molecule has 1 aromatic heterocycles. The molecule has 0 bridgehead atoms. The molecule has 0 spiro atoms. The molecule has 2 atom stereocenters. The van der Waals surface area contributed by atoms with Crippen LogP contribution in [0.4, 0.5) is 5.69 Å². The minimum Gasteiger partial charge on any atom is -0.469 e. The minimum absolute atomic E-state index is 0.0371. The van der Waals surface area contributed by atoms with Gasteiger partial charge in [-0.15, -0.1) is 0 Å². The average molecular weight is 300 g/mol. The lowest BCUT2D eigenvalue weighted by molar-refractivity contribution is -0.386. The molecule has 2 unspecified atom stereocenters. The molecule has 0 amide bonds. The lowest BCUT2D eigenvalue weighted by Gasteiger charge is -2.38. The Hall–Kier alpha value is -1.43. The number of nitrogens with zero attached hydrogens (tertiary/aromatic N) is 3. The molecular formula is C13H18ClN3O3. The molecule has 1 heterocycles. The van der Waals surface area contributed by atoms with Gasteiger partial charge in [0, 0.05) is 0 Å². The lowest BCUT2D eigenvalue weighted by Crippen LogP contribution is -2.34. The Morgan fingerprint density at radius 3 is 2.80 bits per heavy atom. The largest absolute Gasteiger partial charge is 0.469 e. The van der Waals surface area contributed by atoms with Crippen molar-refractivity contribution in [2.75, 3.05) is 0 Å².